The van der Waals surface area contributed by atoms with Crippen molar-refractivity contribution in [1.29, 1.82) is 0 Å². The summed E-state index contributed by atoms with van der Waals surface area (Å²) in [5, 5.41) is 3.01. The summed E-state index contributed by atoms with van der Waals surface area (Å²) in [6.07, 6.45) is 1.28. The van der Waals surface area contributed by atoms with Crippen molar-refractivity contribution in [3.05, 3.63) is 36.2 Å². The molecule has 0 aliphatic heterocycles. The van der Waals surface area contributed by atoms with Crippen LogP contribution in [0.5, 0.6) is 5.88 Å². The lowest BCUT2D eigenvalue weighted by Crippen LogP contribution is -2.11. The van der Waals surface area contributed by atoms with Gasteiger partial charge in [0.05, 0.1) is 24.5 Å². The Morgan fingerprint density at radius 1 is 1.27 bits per heavy atom. The van der Waals surface area contributed by atoms with Gasteiger partial charge in [-0.25, -0.2) is 9.78 Å². The molecule has 1 aromatic carbocycles. The van der Waals surface area contributed by atoms with E-state index in [1.165, 1.54) is 13.4 Å². The summed E-state index contributed by atoms with van der Waals surface area (Å²) in [7, 11) is 1.33. The van der Waals surface area contributed by atoms with Crippen LogP contribution in [0, 0.1) is 0 Å². The molecule has 1 aromatic heterocycles. The number of nitrogens with two attached hydrogens (primary N) is 1. The summed E-state index contributed by atoms with van der Waals surface area (Å²) in [5.74, 6) is 0.208. The van der Waals surface area contributed by atoms with E-state index in [2.05, 4.69) is 15.3 Å². The van der Waals surface area contributed by atoms with E-state index >= 15 is 0 Å². The Labute approximate surface area is 128 Å². The highest BCUT2D eigenvalue weighted by atomic mass is 16.5. The third kappa shape index (κ3) is 3.43. The lowest BCUT2D eigenvalue weighted by Gasteiger charge is -2.15. The molecule has 0 spiro atoms. The van der Waals surface area contributed by atoms with E-state index in [4.69, 9.17) is 15.2 Å². The van der Waals surface area contributed by atoms with Crippen molar-refractivity contribution in [1.82, 2.24) is 9.97 Å². The van der Waals surface area contributed by atoms with Crippen LogP contribution in [0.15, 0.2) is 30.6 Å². The highest BCUT2D eigenvalue weighted by Gasteiger charge is 2.15. The second-order valence-corrected chi connectivity index (χ2v) is 4.77. The molecule has 2 rings (SSSR count). The Hall–Kier alpha value is -2.83. The third-order valence-corrected chi connectivity index (χ3v) is 2.78. The number of ether oxygens (including phenoxy) is 2. The van der Waals surface area contributed by atoms with Gasteiger partial charge in [0.15, 0.2) is 5.82 Å². The van der Waals surface area contributed by atoms with Gasteiger partial charge in [-0.2, -0.15) is 4.98 Å². The monoisotopic (exact) mass is 302 g/mol. The molecule has 0 atom stereocenters. The maximum atomic E-state index is 11.8. The number of carbonyl (C=O) groups excluding carboxylic acids is 1. The SMILES string of the molecule is COC(=O)c1ccccc1Nc1ncnc(OC(C)C)c1N. The van der Waals surface area contributed by atoms with Crippen molar-refractivity contribution in [2.24, 2.45) is 0 Å². The molecule has 3 N–H and O–H groups in total. The Morgan fingerprint density at radius 2 is 2.00 bits per heavy atom. The molecule has 0 radical (unpaired) electrons. The predicted octanol–water partition coefficient (Wildman–Crippen LogP) is 2.38. The minimum Gasteiger partial charge on any atom is -0.473 e. The number of carbonyl (C=O) groups is 1. The minimum atomic E-state index is -0.450. The lowest BCUT2D eigenvalue weighted by molar-refractivity contribution is 0.0602. The number of rotatable bonds is 5. The summed E-state index contributed by atoms with van der Waals surface area (Å²) in [6.45, 7) is 3.75. The number of esters is 1. The summed E-state index contributed by atoms with van der Waals surface area (Å²) >= 11 is 0. The average molecular weight is 302 g/mol. The van der Waals surface area contributed by atoms with Crippen molar-refractivity contribution in [3.63, 3.8) is 0 Å². The third-order valence-electron chi connectivity index (χ3n) is 2.78. The molecule has 22 heavy (non-hydrogen) atoms. The Kier molecular flexibility index (Phi) is 4.77. The van der Waals surface area contributed by atoms with Gasteiger partial charge in [0.1, 0.15) is 12.0 Å². The largest absolute Gasteiger partial charge is 0.473 e. The van der Waals surface area contributed by atoms with Crippen LogP contribution in [0.1, 0.15) is 24.2 Å². The molecule has 7 heteroatoms. The summed E-state index contributed by atoms with van der Waals surface area (Å²) in [6, 6.07) is 6.92. The number of methoxy groups -OCH3 is 1. The van der Waals surface area contributed by atoms with Gasteiger partial charge in [-0.15, -0.1) is 0 Å². The van der Waals surface area contributed by atoms with Gasteiger partial charge in [0.2, 0.25) is 5.88 Å². The van der Waals surface area contributed by atoms with Crippen LogP contribution in [0.4, 0.5) is 17.2 Å². The number of aromatic nitrogens is 2. The standard InChI is InChI=1S/C15H18N4O3/c1-9(2)22-14-12(16)13(17-8-18-14)19-11-7-5-4-6-10(11)15(20)21-3/h4-9H,16H2,1-3H3,(H,17,18,19). The topological polar surface area (TPSA) is 99.4 Å². The fourth-order valence-corrected chi connectivity index (χ4v) is 1.80. The summed E-state index contributed by atoms with van der Waals surface area (Å²) in [5.41, 5.74) is 7.20. The van der Waals surface area contributed by atoms with Crippen molar-refractivity contribution < 1.29 is 14.3 Å². The van der Waals surface area contributed by atoms with Crippen molar-refractivity contribution in [2.75, 3.05) is 18.2 Å². The van der Waals surface area contributed by atoms with Crippen LogP contribution in [0.3, 0.4) is 0 Å². The smallest absolute Gasteiger partial charge is 0.339 e. The lowest BCUT2D eigenvalue weighted by atomic mass is 10.2. The second kappa shape index (κ2) is 6.75. The van der Waals surface area contributed by atoms with Gasteiger partial charge < -0.3 is 20.5 Å². The van der Waals surface area contributed by atoms with E-state index in [1.807, 2.05) is 13.8 Å². The Balaban J connectivity index is 2.34. The van der Waals surface area contributed by atoms with E-state index in [9.17, 15) is 4.79 Å². The van der Waals surface area contributed by atoms with Crippen molar-refractivity contribution >= 4 is 23.2 Å². The van der Waals surface area contributed by atoms with E-state index in [1.54, 1.807) is 24.3 Å². The number of anilines is 3. The molecule has 0 amide bonds. The summed E-state index contributed by atoms with van der Waals surface area (Å²) in [4.78, 5) is 19.9. The fourth-order valence-electron chi connectivity index (χ4n) is 1.80. The quantitative estimate of drug-likeness (QED) is 0.818. The minimum absolute atomic E-state index is 0.0626. The van der Waals surface area contributed by atoms with E-state index in [-0.39, 0.29) is 11.8 Å². The first-order valence-corrected chi connectivity index (χ1v) is 6.74. The van der Waals surface area contributed by atoms with E-state index in [0.717, 1.165) is 0 Å². The normalized spacial score (nSPS) is 10.4. The van der Waals surface area contributed by atoms with Gasteiger partial charge >= 0.3 is 5.97 Å². The number of para-hydroxylation sites is 1. The Bertz CT molecular complexity index is 674. The molecular weight excluding hydrogens is 284 g/mol. The van der Waals surface area contributed by atoms with Crippen LogP contribution < -0.4 is 15.8 Å². The first kappa shape index (κ1) is 15.6. The zero-order valence-corrected chi connectivity index (χ0v) is 12.7. The van der Waals surface area contributed by atoms with Crippen molar-refractivity contribution in [2.45, 2.75) is 20.0 Å². The number of hydrogen-bond donors (Lipinski definition) is 2. The number of nitrogen functional groups attached to an aromatic ring is 1. The molecule has 0 aliphatic rings. The zero-order chi connectivity index (χ0) is 16.1. The molecule has 0 aliphatic carbocycles. The molecular formula is C15H18N4O3. The molecule has 0 saturated heterocycles. The first-order valence-electron chi connectivity index (χ1n) is 6.74. The zero-order valence-electron chi connectivity index (χ0n) is 12.7. The highest BCUT2D eigenvalue weighted by molar-refractivity contribution is 5.96. The van der Waals surface area contributed by atoms with Crippen LogP contribution in [-0.4, -0.2) is 29.2 Å². The molecule has 116 valence electrons. The number of nitrogens with zero attached hydrogens (tertiary/aromatic N) is 2. The summed E-state index contributed by atoms with van der Waals surface area (Å²) < 4.78 is 10.3. The number of hydrogen-bond acceptors (Lipinski definition) is 7. The van der Waals surface area contributed by atoms with E-state index in [0.29, 0.717) is 22.9 Å². The molecule has 7 nitrogen and oxygen atoms in total. The number of benzene rings is 1. The van der Waals surface area contributed by atoms with Crippen LogP contribution in [0.2, 0.25) is 0 Å². The molecule has 0 unspecified atom stereocenters. The van der Waals surface area contributed by atoms with Gasteiger partial charge in [-0.3, -0.25) is 0 Å². The van der Waals surface area contributed by atoms with Crippen molar-refractivity contribution in [3.8, 4) is 5.88 Å². The molecule has 0 saturated carbocycles. The van der Waals surface area contributed by atoms with Crippen LogP contribution >= 0.6 is 0 Å². The maximum absolute atomic E-state index is 11.8. The highest BCUT2D eigenvalue weighted by Crippen LogP contribution is 2.29. The van der Waals surface area contributed by atoms with Crippen LogP contribution in [-0.2, 0) is 4.74 Å². The first-order chi connectivity index (χ1) is 10.5. The van der Waals surface area contributed by atoms with E-state index < -0.39 is 5.97 Å². The fraction of sp³-hybridized carbons (Fsp3) is 0.267. The van der Waals surface area contributed by atoms with Gasteiger partial charge in [0.25, 0.3) is 0 Å². The molecule has 1 heterocycles. The molecule has 0 bridgehead atoms. The van der Waals surface area contributed by atoms with Gasteiger partial charge in [-0.05, 0) is 26.0 Å². The number of nitrogens with one attached hydrogen (secondary N) is 1. The van der Waals surface area contributed by atoms with Crippen LogP contribution in [0.25, 0.3) is 0 Å². The molecule has 2 aromatic rings. The van der Waals surface area contributed by atoms with Gasteiger partial charge in [-0.1, -0.05) is 12.1 Å². The Morgan fingerprint density at radius 3 is 2.68 bits per heavy atom. The maximum Gasteiger partial charge on any atom is 0.339 e. The predicted molar refractivity (Wildman–Crippen MR) is 83.3 cm³/mol. The van der Waals surface area contributed by atoms with Gasteiger partial charge in [0, 0.05) is 0 Å². The average Bonchev–Trinajstić information content (AvgIpc) is 2.50. The second-order valence-electron chi connectivity index (χ2n) is 4.77. The molecule has 0 fully saturated rings.